The first-order chi connectivity index (χ1) is 17.6. The Bertz CT molecular complexity index is 1180. The van der Waals surface area contributed by atoms with Gasteiger partial charge in [-0.2, -0.15) is 0 Å². The molecule has 1 N–H and O–H groups in total. The zero-order valence-electron chi connectivity index (χ0n) is 23.8. The van der Waals surface area contributed by atoms with Crippen LogP contribution in [-0.2, 0) is 4.79 Å². The van der Waals surface area contributed by atoms with E-state index in [4.69, 9.17) is 4.98 Å². The van der Waals surface area contributed by atoms with E-state index in [1.54, 1.807) is 6.08 Å². The highest BCUT2D eigenvalue weighted by Crippen LogP contribution is 2.47. The lowest BCUT2D eigenvalue weighted by atomic mass is 9.68. The van der Waals surface area contributed by atoms with Crippen molar-refractivity contribution in [3.63, 3.8) is 0 Å². The lowest BCUT2D eigenvalue weighted by molar-refractivity contribution is -0.115. The van der Waals surface area contributed by atoms with Crippen molar-refractivity contribution >= 4 is 5.91 Å². The van der Waals surface area contributed by atoms with E-state index in [2.05, 4.69) is 69.6 Å². The molecule has 1 unspecified atom stereocenters. The normalized spacial score (nSPS) is 21.5. The molecule has 1 aromatic heterocycles. The van der Waals surface area contributed by atoms with Crippen LogP contribution in [0.15, 0.2) is 101 Å². The average Bonchev–Trinajstić information content (AvgIpc) is 3.69. The molecule has 0 bridgehead atoms. The van der Waals surface area contributed by atoms with Gasteiger partial charge < -0.3 is 5.32 Å². The lowest BCUT2D eigenvalue weighted by Crippen LogP contribution is -2.24. The Kier molecular flexibility index (Phi) is 9.86. The molecule has 3 heteroatoms. The fraction of sp³-hybridized carbons (Fsp3) is 0.412. The topological polar surface area (TPSA) is 42.0 Å². The third-order valence-corrected chi connectivity index (χ3v) is 7.46. The molecule has 0 radical (unpaired) electrons. The first-order valence-electron chi connectivity index (χ1n) is 13.6. The second-order valence-corrected chi connectivity index (χ2v) is 11.1. The Labute approximate surface area is 224 Å². The molecular weight excluding hydrogens is 452 g/mol. The molecule has 196 valence electrons. The minimum absolute atomic E-state index is 0.123. The zero-order valence-corrected chi connectivity index (χ0v) is 23.8. The van der Waals surface area contributed by atoms with Crippen LogP contribution in [0.3, 0.4) is 0 Å². The van der Waals surface area contributed by atoms with Gasteiger partial charge in [0.05, 0.1) is 0 Å². The molecule has 37 heavy (non-hydrogen) atoms. The molecule has 0 saturated heterocycles. The Hall–Kier alpha value is -3.20. The van der Waals surface area contributed by atoms with Gasteiger partial charge in [0.2, 0.25) is 5.91 Å². The number of nitrogens with one attached hydrogen (secondary N) is 1. The van der Waals surface area contributed by atoms with E-state index in [1.165, 1.54) is 40.8 Å². The van der Waals surface area contributed by atoms with Gasteiger partial charge in [0.15, 0.2) is 0 Å². The van der Waals surface area contributed by atoms with Gasteiger partial charge >= 0.3 is 0 Å². The van der Waals surface area contributed by atoms with Crippen molar-refractivity contribution in [3.8, 4) is 0 Å². The highest BCUT2D eigenvalue weighted by Gasteiger charge is 2.33. The standard InChI is InChI=1S/C34H44N2O/c1-8-11-29(9-2)36-33(37)22-25(4)13-10-12-24(3)14-18-31-26(5)30(20-21-34(31,6)7)32-19-17-28(23-35-32)27-15-16-27/h8-14,17-19,22-23,27,30H,15-16,20-21H2,1-7H3,(H,36,37)/b11-8-,13-10+,18-14+,24-12+,25-22-,29-9+. The summed E-state index contributed by atoms with van der Waals surface area (Å²) in [5, 5.41) is 2.88. The van der Waals surface area contributed by atoms with Gasteiger partial charge in [-0.15, -0.1) is 0 Å². The van der Waals surface area contributed by atoms with Crippen LogP contribution >= 0.6 is 0 Å². The third-order valence-electron chi connectivity index (χ3n) is 7.46. The molecule has 1 fully saturated rings. The molecular formula is C34H44N2O. The van der Waals surface area contributed by atoms with Crippen molar-refractivity contribution in [2.75, 3.05) is 0 Å². The van der Waals surface area contributed by atoms with Gasteiger partial charge in [-0.05, 0) is 100 Å². The second-order valence-electron chi connectivity index (χ2n) is 11.1. The molecule has 2 aliphatic rings. The van der Waals surface area contributed by atoms with Crippen molar-refractivity contribution in [2.24, 2.45) is 5.41 Å². The van der Waals surface area contributed by atoms with Crippen molar-refractivity contribution in [3.05, 3.63) is 112 Å². The molecule has 1 atom stereocenters. The second kappa shape index (κ2) is 12.9. The minimum Gasteiger partial charge on any atom is -0.323 e. The Morgan fingerprint density at radius 2 is 1.81 bits per heavy atom. The van der Waals surface area contributed by atoms with E-state index in [1.807, 2.05) is 51.2 Å². The molecule has 0 aliphatic heterocycles. The molecule has 3 nitrogen and oxygen atoms in total. The first-order valence-corrected chi connectivity index (χ1v) is 13.6. The maximum absolute atomic E-state index is 12.2. The van der Waals surface area contributed by atoms with E-state index in [0.717, 1.165) is 30.0 Å². The summed E-state index contributed by atoms with van der Waals surface area (Å²) in [5.74, 6) is 1.01. The number of hydrogen-bond acceptors (Lipinski definition) is 2. The largest absolute Gasteiger partial charge is 0.323 e. The summed E-state index contributed by atoms with van der Waals surface area (Å²) >= 11 is 0. The van der Waals surface area contributed by atoms with Gasteiger partial charge in [0.1, 0.15) is 0 Å². The first kappa shape index (κ1) is 28.4. The number of hydrogen-bond donors (Lipinski definition) is 1. The fourth-order valence-electron chi connectivity index (χ4n) is 5.03. The monoisotopic (exact) mass is 496 g/mol. The van der Waals surface area contributed by atoms with Crippen LogP contribution in [0, 0.1) is 5.41 Å². The number of allylic oxidation sites excluding steroid dienone is 12. The summed E-state index contributed by atoms with van der Waals surface area (Å²) < 4.78 is 0. The quantitative estimate of drug-likeness (QED) is 0.274. The Morgan fingerprint density at radius 1 is 1.05 bits per heavy atom. The molecule has 2 aliphatic carbocycles. The van der Waals surface area contributed by atoms with Crippen LogP contribution < -0.4 is 5.32 Å². The average molecular weight is 497 g/mol. The predicted molar refractivity (Wildman–Crippen MR) is 157 cm³/mol. The van der Waals surface area contributed by atoms with Crippen molar-refractivity contribution < 1.29 is 4.79 Å². The molecule has 1 aromatic rings. The van der Waals surface area contributed by atoms with Gasteiger partial charge in [-0.25, -0.2) is 0 Å². The highest BCUT2D eigenvalue weighted by atomic mass is 16.1. The number of amides is 1. The summed E-state index contributed by atoms with van der Waals surface area (Å²) in [5.41, 5.74) is 8.47. The summed E-state index contributed by atoms with van der Waals surface area (Å²) in [7, 11) is 0. The van der Waals surface area contributed by atoms with Crippen LogP contribution in [0.2, 0.25) is 0 Å². The van der Waals surface area contributed by atoms with Crippen LogP contribution in [-0.4, -0.2) is 10.9 Å². The van der Waals surface area contributed by atoms with Gasteiger partial charge in [-0.3, -0.25) is 9.78 Å². The maximum Gasteiger partial charge on any atom is 0.248 e. The predicted octanol–water partition coefficient (Wildman–Crippen LogP) is 8.78. The molecule has 3 rings (SSSR count). The SMILES string of the molecule is C/C=C\C(=C/C)NC(=O)\C=C(C)/C=C/C=C(C)/C=C/C1=C(C)C(c2ccc(C3CC3)cn2)CCC1(C)C. The van der Waals surface area contributed by atoms with Crippen molar-refractivity contribution in [2.45, 2.75) is 86.0 Å². The smallest absolute Gasteiger partial charge is 0.248 e. The van der Waals surface area contributed by atoms with E-state index in [9.17, 15) is 4.79 Å². The molecule has 1 amide bonds. The maximum atomic E-state index is 12.2. The third kappa shape index (κ3) is 8.15. The molecule has 0 spiro atoms. The molecule has 1 saturated carbocycles. The Morgan fingerprint density at radius 3 is 2.43 bits per heavy atom. The summed E-state index contributed by atoms with van der Waals surface area (Å²) in [6, 6.07) is 4.55. The van der Waals surface area contributed by atoms with Crippen molar-refractivity contribution in [1.29, 1.82) is 0 Å². The zero-order chi connectivity index (χ0) is 27.0. The van der Waals surface area contributed by atoms with E-state index >= 15 is 0 Å². The van der Waals surface area contributed by atoms with Crippen LogP contribution in [0.5, 0.6) is 0 Å². The summed E-state index contributed by atoms with van der Waals surface area (Å²) in [6.07, 6.45) is 24.9. The highest BCUT2D eigenvalue weighted by molar-refractivity contribution is 5.90. The van der Waals surface area contributed by atoms with Gasteiger partial charge in [0.25, 0.3) is 0 Å². The summed E-state index contributed by atoms with van der Waals surface area (Å²) in [4.78, 5) is 17.1. The van der Waals surface area contributed by atoms with Crippen LogP contribution in [0.25, 0.3) is 0 Å². The number of nitrogens with zero attached hydrogens (tertiary/aromatic N) is 1. The number of aromatic nitrogens is 1. The van der Waals surface area contributed by atoms with E-state index in [0.29, 0.717) is 5.92 Å². The van der Waals surface area contributed by atoms with Crippen LogP contribution in [0.1, 0.15) is 97.2 Å². The van der Waals surface area contributed by atoms with E-state index < -0.39 is 0 Å². The Balaban J connectivity index is 1.69. The number of carbonyl (C=O) groups is 1. The molecule has 0 aromatic carbocycles. The van der Waals surface area contributed by atoms with Crippen molar-refractivity contribution in [1.82, 2.24) is 10.3 Å². The minimum atomic E-state index is -0.123. The van der Waals surface area contributed by atoms with Crippen LogP contribution in [0.4, 0.5) is 0 Å². The number of pyridine rings is 1. The number of rotatable bonds is 9. The van der Waals surface area contributed by atoms with E-state index in [-0.39, 0.29) is 11.3 Å². The summed E-state index contributed by atoms with van der Waals surface area (Å²) in [6.45, 7) is 14.9. The molecule has 1 heterocycles. The van der Waals surface area contributed by atoms with Gasteiger partial charge in [-0.1, -0.05) is 73.6 Å². The number of carbonyl (C=O) groups excluding carboxylic acids is 1. The fourth-order valence-corrected chi connectivity index (χ4v) is 5.03. The lowest BCUT2D eigenvalue weighted by Gasteiger charge is -2.37. The van der Waals surface area contributed by atoms with Gasteiger partial charge in [0, 0.05) is 29.6 Å².